The van der Waals surface area contributed by atoms with Crippen LogP contribution in [0, 0.1) is 5.92 Å². The number of aliphatic carboxylic acids is 1. The molecular weight excluding hydrogens is 322 g/mol. The Labute approximate surface area is 134 Å². The summed E-state index contributed by atoms with van der Waals surface area (Å²) in [5, 5.41) is 9.08. The number of hydrogen-bond donors (Lipinski definition) is 1. The second-order valence-electron chi connectivity index (χ2n) is 5.44. The first-order valence-corrected chi connectivity index (χ1v) is 8.83. The number of carboxylic acid groups (broad SMARTS) is 1. The van der Waals surface area contributed by atoms with Crippen LogP contribution < -0.4 is 0 Å². The molecule has 8 heteroatoms. The summed E-state index contributed by atoms with van der Waals surface area (Å²) in [7, 11) is -2.47. The van der Waals surface area contributed by atoms with Crippen molar-refractivity contribution in [2.75, 3.05) is 20.2 Å². The molecule has 0 bridgehead atoms. The number of nitrogens with zero attached hydrogens (tertiary/aromatic N) is 1. The summed E-state index contributed by atoms with van der Waals surface area (Å²) in [6, 6.07) is 6.34. The smallest absolute Gasteiger partial charge is 0.338 e. The molecule has 1 N–H and O–H groups in total. The highest BCUT2D eigenvalue weighted by atomic mass is 32.2. The zero-order chi connectivity index (χ0) is 17.0. The number of carbonyl (C=O) groups is 2. The number of piperidine rings is 1. The largest absolute Gasteiger partial charge is 0.481 e. The van der Waals surface area contributed by atoms with Gasteiger partial charge in [0.25, 0.3) is 0 Å². The number of ether oxygens (including phenoxy) is 1. The molecule has 1 heterocycles. The Hall–Kier alpha value is -1.93. The fourth-order valence-corrected chi connectivity index (χ4v) is 4.28. The molecule has 1 unspecified atom stereocenters. The minimum absolute atomic E-state index is 0.0297. The average molecular weight is 341 g/mol. The van der Waals surface area contributed by atoms with Gasteiger partial charge in [0.1, 0.15) is 0 Å². The molecule has 23 heavy (non-hydrogen) atoms. The number of rotatable bonds is 5. The summed E-state index contributed by atoms with van der Waals surface area (Å²) in [6.07, 6.45) is 0.981. The van der Waals surface area contributed by atoms with Crippen molar-refractivity contribution in [1.82, 2.24) is 4.31 Å². The third-order valence-corrected chi connectivity index (χ3v) is 5.68. The highest BCUT2D eigenvalue weighted by Gasteiger charge is 2.32. The lowest BCUT2D eigenvalue weighted by Gasteiger charge is -2.30. The molecule has 2 rings (SSSR count). The summed E-state index contributed by atoms with van der Waals surface area (Å²) >= 11 is 0. The lowest BCUT2D eigenvalue weighted by atomic mass is 10.0. The fourth-order valence-electron chi connectivity index (χ4n) is 2.64. The van der Waals surface area contributed by atoms with Gasteiger partial charge < -0.3 is 9.84 Å². The highest BCUT2D eigenvalue weighted by molar-refractivity contribution is 7.88. The SMILES string of the molecule is COC(=O)c1ccccc1CS(=O)(=O)N1CCCC(C(=O)O)C1. The summed E-state index contributed by atoms with van der Waals surface area (Å²) in [4.78, 5) is 22.8. The summed E-state index contributed by atoms with van der Waals surface area (Å²) < 4.78 is 31.0. The van der Waals surface area contributed by atoms with Gasteiger partial charge in [-0.2, -0.15) is 0 Å². The predicted octanol–water partition coefficient (Wildman–Crippen LogP) is 1.10. The molecule has 0 aromatic heterocycles. The van der Waals surface area contributed by atoms with Crippen LogP contribution in [0.3, 0.4) is 0 Å². The molecule has 1 atom stereocenters. The topological polar surface area (TPSA) is 101 Å². The Balaban J connectivity index is 2.22. The Bertz CT molecular complexity index is 700. The van der Waals surface area contributed by atoms with Gasteiger partial charge in [-0.25, -0.2) is 17.5 Å². The molecule has 0 saturated carbocycles. The number of hydrogen-bond acceptors (Lipinski definition) is 5. The summed E-state index contributed by atoms with van der Waals surface area (Å²) in [5.74, 6) is -2.63. The number of sulfonamides is 1. The molecular formula is C15H19NO6S. The van der Waals surface area contributed by atoms with Gasteiger partial charge in [0, 0.05) is 13.1 Å². The van der Waals surface area contributed by atoms with Crippen LogP contribution in [0.15, 0.2) is 24.3 Å². The first-order valence-electron chi connectivity index (χ1n) is 7.22. The van der Waals surface area contributed by atoms with Crippen LogP contribution in [0.2, 0.25) is 0 Å². The maximum atomic E-state index is 12.6. The van der Waals surface area contributed by atoms with Crippen molar-refractivity contribution < 1.29 is 27.9 Å². The third-order valence-electron chi connectivity index (χ3n) is 3.89. The van der Waals surface area contributed by atoms with Gasteiger partial charge in [-0.3, -0.25) is 4.79 Å². The van der Waals surface area contributed by atoms with E-state index in [1.54, 1.807) is 18.2 Å². The van der Waals surface area contributed by atoms with E-state index < -0.39 is 27.9 Å². The van der Waals surface area contributed by atoms with Crippen molar-refractivity contribution in [2.45, 2.75) is 18.6 Å². The molecule has 0 amide bonds. The van der Waals surface area contributed by atoms with Gasteiger partial charge in [0.15, 0.2) is 0 Å². The van der Waals surface area contributed by atoms with E-state index in [4.69, 9.17) is 5.11 Å². The molecule has 0 radical (unpaired) electrons. The van der Waals surface area contributed by atoms with Crippen LogP contribution in [0.5, 0.6) is 0 Å². The van der Waals surface area contributed by atoms with E-state index in [-0.39, 0.29) is 17.9 Å². The first-order chi connectivity index (χ1) is 10.8. The molecule has 1 saturated heterocycles. The Morgan fingerprint density at radius 2 is 2.04 bits per heavy atom. The second-order valence-corrected chi connectivity index (χ2v) is 7.41. The van der Waals surface area contributed by atoms with Crippen molar-refractivity contribution in [3.8, 4) is 0 Å². The number of carboxylic acids is 1. The van der Waals surface area contributed by atoms with Gasteiger partial charge in [0.05, 0.1) is 24.3 Å². The first kappa shape index (κ1) is 17.4. The monoisotopic (exact) mass is 341 g/mol. The number of benzene rings is 1. The molecule has 7 nitrogen and oxygen atoms in total. The van der Waals surface area contributed by atoms with Gasteiger partial charge in [-0.1, -0.05) is 18.2 Å². The summed E-state index contributed by atoms with van der Waals surface area (Å²) in [6.45, 7) is 0.268. The summed E-state index contributed by atoms with van der Waals surface area (Å²) in [5.41, 5.74) is 0.544. The number of esters is 1. The lowest BCUT2D eigenvalue weighted by molar-refractivity contribution is -0.142. The molecule has 1 aromatic rings. The third kappa shape index (κ3) is 4.08. The van der Waals surface area contributed by atoms with Crippen molar-refractivity contribution in [1.29, 1.82) is 0 Å². The number of carbonyl (C=O) groups excluding carboxylic acids is 1. The van der Waals surface area contributed by atoms with Gasteiger partial charge in [-0.05, 0) is 24.5 Å². The van der Waals surface area contributed by atoms with Gasteiger partial charge in [-0.15, -0.1) is 0 Å². The molecule has 1 aliphatic rings. The second kappa shape index (κ2) is 7.10. The van der Waals surface area contributed by atoms with E-state index >= 15 is 0 Å². The molecule has 126 valence electrons. The van der Waals surface area contributed by atoms with Crippen LogP contribution >= 0.6 is 0 Å². The number of methoxy groups -OCH3 is 1. The fraction of sp³-hybridized carbons (Fsp3) is 0.467. The predicted molar refractivity (Wildman–Crippen MR) is 82.3 cm³/mol. The van der Waals surface area contributed by atoms with Crippen molar-refractivity contribution in [3.05, 3.63) is 35.4 Å². The molecule has 0 spiro atoms. The van der Waals surface area contributed by atoms with Crippen LogP contribution in [0.25, 0.3) is 0 Å². The molecule has 1 fully saturated rings. The van der Waals surface area contributed by atoms with Gasteiger partial charge >= 0.3 is 11.9 Å². The van der Waals surface area contributed by atoms with E-state index in [2.05, 4.69) is 4.74 Å². The van der Waals surface area contributed by atoms with Crippen molar-refractivity contribution in [2.24, 2.45) is 5.92 Å². The van der Waals surface area contributed by atoms with E-state index in [0.29, 0.717) is 24.9 Å². The minimum Gasteiger partial charge on any atom is -0.481 e. The van der Waals surface area contributed by atoms with Crippen molar-refractivity contribution in [3.63, 3.8) is 0 Å². The molecule has 1 aromatic carbocycles. The van der Waals surface area contributed by atoms with E-state index in [0.717, 1.165) is 0 Å². The lowest BCUT2D eigenvalue weighted by Crippen LogP contribution is -2.42. The highest BCUT2D eigenvalue weighted by Crippen LogP contribution is 2.23. The molecule has 0 aliphatic carbocycles. The quantitative estimate of drug-likeness (QED) is 0.805. The van der Waals surface area contributed by atoms with E-state index in [1.165, 1.54) is 17.5 Å². The van der Waals surface area contributed by atoms with Gasteiger partial charge in [0.2, 0.25) is 10.0 Å². The zero-order valence-corrected chi connectivity index (χ0v) is 13.6. The van der Waals surface area contributed by atoms with Crippen LogP contribution in [-0.4, -0.2) is 50.0 Å². The standard InChI is InChI=1S/C15H19NO6S/c1-22-15(19)13-7-3-2-5-12(13)10-23(20,21)16-8-4-6-11(9-16)14(17)18/h2-3,5,7,11H,4,6,8-10H2,1H3,(H,17,18). The Morgan fingerprint density at radius 3 is 2.70 bits per heavy atom. The zero-order valence-electron chi connectivity index (χ0n) is 12.8. The minimum atomic E-state index is -3.70. The maximum absolute atomic E-state index is 12.6. The van der Waals surface area contributed by atoms with Crippen molar-refractivity contribution >= 4 is 22.0 Å². The van der Waals surface area contributed by atoms with Crippen LogP contribution in [-0.2, 0) is 25.3 Å². The Kier molecular flexibility index (Phi) is 5.38. The van der Waals surface area contributed by atoms with Crippen LogP contribution in [0.4, 0.5) is 0 Å². The maximum Gasteiger partial charge on any atom is 0.338 e. The molecule has 1 aliphatic heterocycles. The van der Waals surface area contributed by atoms with E-state index in [9.17, 15) is 18.0 Å². The average Bonchev–Trinajstić information content (AvgIpc) is 2.54. The normalized spacial score (nSPS) is 19.3. The van der Waals surface area contributed by atoms with Crippen LogP contribution in [0.1, 0.15) is 28.8 Å². The van der Waals surface area contributed by atoms with E-state index in [1.807, 2.05) is 0 Å². The Morgan fingerprint density at radius 1 is 1.35 bits per heavy atom.